The highest BCUT2D eigenvalue weighted by Crippen LogP contribution is 2.26. The van der Waals surface area contributed by atoms with E-state index in [-0.39, 0.29) is 11.5 Å². The fourth-order valence-corrected chi connectivity index (χ4v) is 3.59. The van der Waals surface area contributed by atoms with Crippen molar-refractivity contribution in [3.63, 3.8) is 0 Å². The van der Waals surface area contributed by atoms with E-state index in [1.54, 1.807) is 24.7 Å². The van der Waals surface area contributed by atoms with Gasteiger partial charge in [0.2, 0.25) is 0 Å². The molecule has 27 heavy (non-hydrogen) atoms. The minimum Gasteiger partial charge on any atom is -0.307 e. The summed E-state index contributed by atoms with van der Waals surface area (Å²) in [5, 5.41) is 0. The van der Waals surface area contributed by atoms with Gasteiger partial charge in [0.05, 0.1) is 11.4 Å². The van der Waals surface area contributed by atoms with Gasteiger partial charge in [0.25, 0.3) is 5.56 Å². The van der Waals surface area contributed by atoms with E-state index < -0.39 is 0 Å². The molecule has 1 aliphatic heterocycles. The summed E-state index contributed by atoms with van der Waals surface area (Å²) < 4.78 is 0. The summed E-state index contributed by atoms with van der Waals surface area (Å²) in [4.78, 5) is 34.8. The standard InChI is InChI=1S/C20H22N6O/c1-14-22-9-6-17(23-14)13-26-10-2-3-16(12-26)18-11-19(27)25-20(24-18)15-4-7-21-8-5-15/h4-9,11,16H,2-3,10,12-13H2,1H3,(H,24,25,27)/t16-/m0/s1. The molecule has 1 saturated heterocycles. The number of hydrogen-bond acceptors (Lipinski definition) is 6. The van der Waals surface area contributed by atoms with E-state index in [0.717, 1.165) is 55.3 Å². The minimum absolute atomic E-state index is 0.115. The Kier molecular flexibility index (Phi) is 5.02. The Morgan fingerprint density at radius 3 is 2.85 bits per heavy atom. The van der Waals surface area contributed by atoms with Crippen LogP contribution >= 0.6 is 0 Å². The predicted octanol–water partition coefficient (Wildman–Crippen LogP) is 2.31. The Morgan fingerprint density at radius 2 is 2.04 bits per heavy atom. The Bertz CT molecular complexity index is 971. The zero-order valence-electron chi connectivity index (χ0n) is 15.3. The second-order valence-corrected chi connectivity index (χ2v) is 6.92. The van der Waals surface area contributed by atoms with Crippen LogP contribution in [0.2, 0.25) is 0 Å². The molecule has 0 aliphatic carbocycles. The van der Waals surface area contributed by atoms with Gasteiger partial charge in [-0.2, -0.15) is 0 Å². The van der Waals surface area contributed by atoms with Crippen molar-refractivity contribution < 1.29 is 0 Å². The van der Waals surface area contributed by atoms with Crippen molar-refractivity contribution in [3.8, 4) is 11.4 Å². The first-order valence-corrected chi connectivity index (χ1v) is 9.20. The highest BCUT2D eigenvalue weighted by atomic mass is 16.1. The van der Waals surface area contributed by atoms with Crippen LogP contribution in [0.15, 0.2) is 47.7 Å². The van der Waals surface area contributed by atoms with Crippen LogP contribution in [0.1, 0.15) is 36.0 Å². The molecule has 1 fully saturated rings. The fourth-order valence-electron chi connectivity index (χ4n) is 3.59. The average Bonchev–Trinajstić information content (AvgIpc) is 2.68. The minimum atomic E-state index is -0.115. The largest absolute Gasteiger partial charge is 0.307 e. The van der Waals surface area contributed by atoms with Gasteiger partial charge in [-0.05, 0) is 44.5 Å². The second kappa shape index (κ2) is 7.75. The van der Waals surface area contributed by atoms with Crippen LogP contribution in [0.4, 0.5) is 0 Å². The lowest BCUT2D eigenvalue weighted by Gasteiger charge is -2.32. The predicted molar refractivity (Wildman–Crippen MR) is 102 cm³/mol. The molecule has 0 saturated carbocycles. The van der Waals surface area contributed by atoms with Crippen LogP contribution in [0.3, 0.4) is 0 Å². The third-order valence-corrected chi connectivity index (χ3v) is 4.86. The lowest BCUT2D eigenvalue weighted by Crippen LogP contribution is -2.35. The van der Waals surface area contributed by atoms with Gasteiger partial charge in [-0.15, -0.1) is 0 Å². The van der Waals surface area contributed by atoms with Crippen molar-refractivity contribution in [3.05, 3.63) is 70.4 Å². The molecule has 0 spiro atoms. The maximum Gasteiger partial charge on any atom is 0.251 e. The summed E-state index contributed by atoms with van der Waals surface area (Å²) in [6.45, 7) is 4.60. The molecule has 4 heterocycles. The molecule has 4 rings (SSSR count). The first-order chi connectivity index (χ1) is 13.2. The molecular formula is C20H22N6O. The molecule has 0 aromatic carbocycles. The van der Waals surface area contributed by atoms with Crippen molar-refractivity contribution in [2.75, 3.05) is 13.1 Å². The number of H-pyrrole nitrogens is 1. The molecule has 1 aliphatic rings. The van der Waals surface area contributed by atoms with E-state index in [0.29, 0.717) is 5.82 Å². The first kappa shape index (κ1) is 17.5. The molecule has 138 valence electrons. The van der Waals surface area contributed by atoms with Gasteiger partial charge in [-0.25, -0.2) is 15.0 Å². The molecule has 0 radical (unpaired) electrons. The van der Waals surface area contributed by atoms with Gasteiger partial charge in [-0.3, -0.25) is 14.7 Å². The highest BCUT2D eigenvalue weighted by Gasteiger charge is 2.23. The van der Waals surface area contributed by atoms with Crippen molar-refractivity contribution >= 4 is 0 Å². The Labute approximate surface area is 157 Å². The molecule has 7 nitrogen and oxygen atoms in total. The smallest absolute Gasteiger partial charge is 0.251 e. The fraction of sp³-hybridized carbons (Fsp3) is 0.350. The summed E-state index contributed by atoms with van der Waals surface area (Å²) in [6, 6.07) is 7.30. The average molecular weight is 362 g/mol. The van der Waals surface area contributed by atoms with E-state index >= 15 is 0 Å². The lowest BCUT2D eigenvalue weighted by atomic mass is 9.94. The maximum atomic E-state index is 12.2. The number of aryl methyl sites for hydroxylation is 1. The van der Waals surface area contributed by atoms with Crippen LogP contribution in [-0.2, 0) is 6.54 Å². The van der Waals surface area contributed by atoms with Crippen molar-refractivity contribution in [1.29, 1.82) is 0 Å². The number of rotatable bonds is 4. The van der Waals surface area contributed by atoms with E-state index in [1.165, 1.54) is 0 Å². The Balaban J connectivity index is 1.54. The van der Waals surface area contributed by atoms with Gasteiger partial charge in [0.1, 0.15) is 11.6 Å². The number of piperidine rings is 1. The van der Waals surface area contributed by atoms with Crippen LogP contribution < -0.4 is 5.56 Å². The number of aromatic nitrogens is 5. The normalized spacial score (nSPS) is 17.7. The summed E-state index contributed by atoms with van der Waals surface area (Å²) in [5.41, 5.74) is 2.64. The highest BCUT2D eigenvalue weighted by molar-refractivity contribution is 5.53. The lowest BCUT2D eigenvalue weighted by molar-refractivity contribution is 0.196. The van der Waals surface area contributed by atoms with Crippen LogP contribution in [0.25, 0.3) is 11.4 Å². The Morgan fingerprint density at radius 1 is 1.19 bits per heavy atom. The van der Waals surface area contributed by atoms with Crippen LogP contribution in [0, 0.1) is 6.92 Å². The SMILES string of the molecule is Cc1nccc(CN2CCC[C@H](c3cc(=O)[nH]c(-c4ccncc4)n3)C2)n1. The molecular weight excluding hydrogens is 340 g/mol. The molecule has 3 aromatic rings. The monoisotopic (exact) mass is 362 g/mol. The zero-order valence-corrected chi connectivity index (χ0v) is 15.3. The topological polar surface area (TPSA) is 87.7 Å². The van der Waals surface area contributed by atoms with Crippen molar-refractivity contribution in [1.82, 2.24) is 29.8 Å². The molecule has 0 amide bonds. The number of nitrogens with one attached hydrogen (secondary N) is 1. The van der Waals surface area contributed by atoms with Gasteiger partial charge in [-0.1, -0.05) is 0 Å². The van der Waals surface area contributed by atoms with Crippen LogP contribution in [0.5, 0.6) is 0 Å². The molecule has 0 unspecified atom stereocenters. The molecule has 1 atom stereocenters. The summed E-state index contributed by atoms with van der Waals surface area (Å²) in [6.07, 6.45) is 7.32. The Hall–Kier alpha value is -2.93. The number of nitrogens with zero attached hydrogens (tertiary/aromatic N) is 5. The van der Waals surface area contributed by atoms with Gasteiger partial charge in [0, 0.05) is 49.2 Å². The first-order valence-electron chi connectivity index (χ1n) is 9.20. The number of hydrogen-bond donors (Lipinski definition) is 1. The van der Waals surface area contributed by atoms with Gasteiger partial charge in [0.15, 0.2) is 0 Å². The van der Waals surface area contributed by atoms with E-state index in [9.17, 15) is 4.79 Å². The van der Waals surface area contributed by atoms with E-state index in [2.05, 4.69) is 24.8 Å². The molecule has 1 N–H and O–H groups in total. The third kappa shape index (κ3) is 4.25. The third-order valence-electron chi connectivity index (χ3n) is 4.86. The van der Waals surface area contributed by atoms with Crippen molar-refractivity contribution in [2.24, 2.45) is 0 Å². The van der Waals surface area contributed by atoms with Gasteiger partial charge >= 0.3 is 0 Å². The maximum absolute atomic E-state index is 12.2. The zero-order chi connectivity index (χ0) is 18.6. The quantitative estimate of drug-likeness (QED) is 0.766. The van der Waals surface area contributed by atoms with Gasteiger partial charge < -0.3 is 4.98 Å². The molecule has 3 aromatic heterocycles. The molecule has 0 bridgehead atoms. The van der Waals surface area contributed by atoms with E-state index in [1.807, 2.05) is 25.1 Å². The number of likely N-dealkylation sites (tertiary alicyclic amines) is 1. The number of aromatic amines is 1. The summed E-state index contributed by atoms with van der Waals surface area (Å²) in [5.74, 6) is 1.63. The summed E-state index contributed by atoms with van der Waals surface area (Å²) in [7, 11) is 0. The molecule has 7 heteroatoms. The summed E-state index contributed by atoms with van der Waals surface area (Å²) >= 11 is 0. The van der Waals surface area contributed by atoms with E-state index in [4.69, 9.17) is 4.98 Å². The van der Waals surface area contributed by atoms with Crippen molar-refractivity contribution in [2.45, 2.75) is 32.2 Å². The van der Waals surface area contributed by atoms with Crippen LogP contribution in [-0.4, -0.2) is 42.9 Å². The number of pyridine rings is 1. The second-order valence-electron chi connectivity index (χ2n) is 6.92.